The van der Waals surface area contributed by atoms with Gasteiger partial charge in [-0.15, -0.1) is 5.10 Å². The monoisotopic (exact) mass is 272 g/mol. The third kappa shape index (κ3) is 3.36. The summed E-state index contributed by atoms with van der Waals surface area (Å²) in [6.45, 7) is 3.52. The maximum Gasteiger partial charge on any atom is 0.318 e. The zero-order valence-electron chi connectivity index (χ0n) is 12.0. The zero-order chi connectivity index (χ0) is 13.9. The van der Waals surface area contributed by atoms with Crippen LogP contribution in [0.4, 0.5) is 6.01 Å². The number of nitrogens with one attached hydrogen (secondary N) is 1. The third-order valence-corrected chi connectivity index (χ3v) is 3.40. The highest BCUT2D eigenvalue weighted by Crippen LogP contribution is 2.20. The van der Waals surface area contributed by atoms with E-state index in [1.54, 1.807) is 0 Å². The Morgan fingerprint density at radius 3 is 2.95 bits per heavy atom. The second kappa shape index (κ2) is 5.63. The van der Waals surface area contributed by atoms with Crippen LogP contribution < -0.4 is 10.2 Å². The lowest BCUT2D eigenvalue weighted by molar-refractivity contribution is 0.464. The lowest BCUT2D eigenvalue weighted by atomic mass is 10.1. The van der Waals surface area contributed by atoms with Gasteiger partial charge in [0.05, 0.1) is 6.54 Å². The molecule has 0 bridgehead atoms. The maximum absolute atomic E-state index is 5.67. The Hall–Kier alpha value is -1.88. The number of nitrogens with zero attached hydrogens (tertiary/aromatic N) is 3. The fraction of sp³-hybridized carbons (Fsp3) is 0.467. The van der Waals surface area contributed by atoms with Gasteiger partial charge in [-0.05, 0) is 25.3 Å². The molecule has 0 aliphatic heterocycles. The third-order valence-electron chi connectivity index (χ3n) is 3.40. The van der Waals surface area contributed by atoms with Crippen molar-refractivity contribution in [3.63, 3.8) is 0 Å². The minimum absolute atomic E-state index is 0.569. The first-order valence-corrected chi connectivity index (χ1v) is 7.03. The predicted octanol–water partition coefficient (Wildman–Crippen LogP) is 2.27. The van der Waals surface area contributed by atoms with Crippen LogP contribution in [0.3, 0.4) is 0 Å². The van der Waals surface area contributed by atoms with Gasteiger partial charge in [-0.3, -0.25) is 0 Å². The fourth-order valence-corrected chi connectivity index (χ4v) is 2.14. The number of hydrogen-bond acceptors (Lipinski definition) is 5. The van der Waals surface area contributed by atoms with Crippen molar-refractivity contribution in [1.82, 2.24) is 15.5 Å². The van der Waals surface area contributed by atoms with Crippen LogP contribution in [0.1, 0.15) is 29.9 Å². The summed E-state index contributed by atoms with van der Waals surface area (Å²) in [4.78, 5) is 1.97. The first-order chi connectivity index (χ1) is 9.70. The second-order valence-electron chi connectivity index (χ2n) is 5.48. The minimum atomic E-state index is 0.569. The normalized spacial score (nSPS) is 14.5. The smallest absolute Gasteiger partial charge is 0.318 e. The van der Waals surface area contributed by atoms with Gasteiger partial charge in [0.25, 0.3) is 0 Å². The van der Waals surface area contributed by atoms with Crippen LogP contribution in [-0.4, -0.2) is 23.3 Å². The Kier molecular flexibility index (Phi) is 3.69. The van der Waals surface area contributed by atoms with Gasteiger partial charge in [0.1, 0.15) is 0 Å². The number of hydrogen-bond donors (Lipinski definition) is 1. The van der Waals surface area contributed by atoms with Crippen LogP contribution in [0.2, 0.25) is 0 Å². The fourth-order valence-electron chi connectivity index (χ4n) is 2.14. The number of benzene rings is 1. The molecule has 106 valence electrons. The molecular weight excluding hydrogens is 252 g/mol. The molecule has 0 spiro atoms. The van der Waals surface area contributed by atoms with Crippen molar-refractivity contribution in [3.05, 3.63) is 41.3 Å². The molecule has 0 amide bonds. The molecule has 0 atom stereocenters. The van der Waals surface area contributed by atoms with Crippen molar-refractivity contribution in [3.8, 4) is 0 Å². The van der Waals surface area contributed by atoms with E-state index in [-0.39, 0.29) is 0 Å². The molecule has 1 aromatic carbocycles. The van der Waals surface area contributed by atoms with Crippen LogP contribution in [0.5, 0.6) is 0 Å². The van der Waals surface area contributed by atoms with E-state index >= 15 is 0 Å². The predicted molar refractivity (Wildman–Crippen MR) is 77.4 cm³/mol. The van der Waals surface area contributed by atoms with Gasteiger partial charge in [0.2, 0.25) is 5.89 Å². The number of anilines is 1. The topological polar surface area (TPSA) is 54.2 Å². The highest BCUT2D eigenvalue weighted by atomic mass is 16.4. The highest BCUT2D eigenvalue weighted by Gasteiger charge is 2.21. The second-order valence-corrected chi connectivity index (χ2v) is 5.48. The first kappa shape index (κ1) is 13.1. The van der Waals surface area contributed by atoms with Crippen molar-refractivity contribution in [2.24, 2.45) is 0 Å². The van der Waals surface area contributed by atoms with E-state index in [9.17, 15) is 0 Å². The molecule has 2 aromatic rings. The molecule has 0 unspecified atom stereocenters. The van der Waals surface area contributed by atoms with Gasteiger partial charge < -0.3 is 14.6 Å². The molecule has 1 aliphatic carbocycles. The molecule has 1 fully saturated rings. The molecule has 1 aromatic heterocycles. The first-order valence-electron chi connectivity index (χ1n) is 7.03. The largest absolute Gasteiger partial charge is 0.407 e. The van der Waals surface area contributed by atoms with E-state index in [2.05, 4.69) is 46.7 Å². The molecule has 0 saturated heterocycles. The Bertz CT molecular complexity index is 577. The Labute approximate surface area is 119 Å². The Morgan fingerprint density at radius 2 is 2.20 bits per heavy atom. The lowest BCUT2D eigenvalue weighted by Crippen LogP contribution is -2.17. The molecule has 1 N–H and O–H groups in total. The van der Waals surface area contributed by atoms with Gasteiger partial charge in [0.15, 0.2) is 0 Å². The van der Waals surface area contributed by atoms with E-state index < -0.39 is 0 Å². The number of rotatable bonds is 6. The van der Waals surface area contributed by atoms with Crippen LogP contribution in [-0.2, 0) is 13.1 Å². The van der Waals surface area contributed by atoms with E-state index in [0.29, 0.717) is 24.5 Å². The van der Waals surface area contributed by atoms with Crippen molar-refractivity contribution < 1.29 is 4.42 Å². The van der Waals surface area contributed by atoms with Gasteiger partial charge in [-0.2, -0.15) is 0 Å². The number of aryl methyl sites for hydroxylation is 1. The quantitative estimate of drug-likeness (QED) is 0.874. The lowest BCUT2D eigenvalue weighted by Gasteiger charge is -2.14. The van der Waals surface area contributed by atoms with Crippen LogP contribution in [0.15, 0.2) is 28.7 Å². The van der Waals surface area contributed by atoms with Crippen LogP contribution in [0.25, 0.3) is 0 Å². The van der Waals surface area contributed by atoms with E-state index in [4.69, 9.17) is 4.42 Å². The van der Waals surface area contributed by atoms with Gasteiger partial charge in [0, 0.05) is 19.6 Å². The van der Waals surface area contributed by atoms with Gasteiger partial charge >= 0.3 is 6.01 Å². The summed E-state index contributed by atoms with van der Waals surface area (Å²) in [5, 5.41) is 11.5. The Morgan fingerprint density at radius 1 is 1.35 bits per heavy atom. The number of aromatic nitrogens is 2. The molecular formula is C15H20N4O. The Balaban J connectivity index is 1.59. The summed E-state index contributed by atoms with van der Waals surface area (Å²) < 4.78 is 5.67. The zero-order valence-corrected chi connectivity index (χ0v) is 12.0. The van der Waals surface area contributed by atoms with Crippen molar-refractivity contribution >= 4 is 6.01 Å². The summed E-state index contributed by atoms with van der Waals surface area (Å²) in [6.07, 6.45) is 2.52. The van der Waals surface area contributed by atoms with E-state index in [0.717, 1.165) is 6.54 Å². The molecule has 1 saturated carbocycles. The van der Waals surface area contributed by atoms with Crippen molar-refractivity contribution in [2.75, 3.05) is 11.9 Å². The molecule has 1 aliphatic rings. The van der Waals surface area contributed by atoms with E-state index in [1.807, 2.05) is 11.9 Å². The van der Waals surface area contributed by atoms with Crippen LogP contribution in [0, 0.1) is 6.92 Å². The summed E-state index contributed by atoms with van der Waals surface area (Å²) in [5.41, 5.74) is 2.50. The van der Waals surface area contributed by atoms with Gasteiger partial charge in [-0.25, -0.2) is 0 Å². The molecule has 5 nitrogen and oxygen atoms in total. The molecule has 1 heterocycles. The minimum Gasteiger partial charge on any atom is -0.407 e. The van der Waals surface area contributed by atoms with Crippen molar-refractivity contribution in [1.29, 1.82) is 0 Å². The van der Waals surface area contributed by atoms with Gasteiger partial charge in [-0.1, -0.05) is 34.9 Å². The molecule has 20 heavy (non-hydrogen) atoms. The molecule has 5 heteroatoms. The van der Waals surface area contributed by atoms with E-state index in [1.165, 1.54) is 24.0 Å². The molecule has 3 rings (SSSR count). The average Bonchev–Trinajstić information content (AvgIpc) is 3.13. The summed E-state index contributed by atoms with van der Waals surface area (Å²) >= 11 is 0. The molecule has 0 radical (unpaired) electrons. The SMILES string of the molecule is Cc1cccc(CN(C)c2nnc(CNC3CC3)o2)c1. The summed E-state index contributed by atoms with van der Waals surface area (Å²) in [7, 11) is 1.97. The van der Waals surface area contributed by atoms with Crippen molar-refractivity contribution in [2.45, 2.75) is 38.9 Å². The average molecular weight is 272 g/mol. The maximum atomic E-state index is 5.67. The standard InChI is InChI=1S/C15H20N4O/c1-11-4-3-5-12(8-11)10-19(2)15-18-17-14(20-15)9-16-13-6-7-13/h3-5,8,13,16H,6-7,9-10H2,1-2H3. The highest BCUT2D eigenvalue weighted by molar-refractivity contribution is 5.29. The summed E-state index contributed by atoms with van der Waals surface area (Å²) in [6, 6.07) is 9.65. The summed E-state index contributed by atoms with van der Waals surface area (Å²) in [5.74, 6) is 0.656. The van der Waals surface area contributed by atoms with Crippen LogP contribution >= 0.6 is 0 Å².